The lowest BCUT2D eigenvalue weighted by Crippen LogP contribution is -2.07. The van der Waals surface area contributed by atoms with Gasteiger partial charge in [0.25, 0.3) is 0 Å². The molecular formula is C23H18O3. The van der Waals surface area contributed by atoms with E-state index < -0.39 is 0 Å². The van der Waals surface area contributed by atoms with Gasteiger partial charge in [-0.15, -0.1) is 0 Å². The van der Waals surface area contributed by atoms with Gasteiger partial charge in [-0.3, -0.25) is 4.79 Å². The van der Waals surface area contributed by atoms with Crippen LogP contribution < -0.4 is 10.2 Å². The normalized spacial score (nSPS) is 10.8. The number of ether oxygens (including phenoxy) is 1. The van der Waals surface area contributed by atoms with Crippen LogP contribution in [0, 0.1) is 6.92 Å². The van der Waals surface area contributed by atoms with E-state index in [4.69, 9.17) is 9.15 Å². The Hall–Kier alpha value is -3.33. The molecule has 0 amide bonds. The standard InChI is InChI=1S/C23H18O3/c1-15-8-13-20-19(14-15)22(24)21(16-6-4-3-5-7-16)23(26-20)17-9-11-18(25-2)12-10-17/h3-14H,1-2H3. The smallest absolute Gasteiger partial charge is 0.201 e. The Morgan fingerprint density at radius 3 is 2.27 bits per heavy atom. The summed E-state index contributed by atoms with van der Waals surface area (Å²) in [5.74, 6) is 1.33. The lowest BCUT2D eigenvalue weighted by atomic mass is 9.98. The molecule has 1 heterocycles. The summed E-state index contributed by atoms with van der Waals surface area (Å²) in [6.07, 6.45) is 0. The number of hydrogen-bond donors (Lipinski definition) is 0. The summed E-state index contributed by atoms with van der Waals surface area (Å²) in [7, 11) is 1.63. The van der Waals surface area contributed by atoms with Gasteiger partial charge in [-0.2, -0.15) is 0 Å². The first-order valence-electron chi connectivity index (χ1n) is 8.44. The molecule has 0 atom stereocenters. The molecule has 0 saturated heterocycles. The van der Waals surface area contributed by atoms with Crippen LogP contribution in [0.5, 0.6) is 5.75 Å². The van der Waals surface area contributed by atoms with Gasteiger partial charge in [0.05, 0.1) is 18.1 Å². The summed E-state index contributed by atoms with van der Waals surface area (Å²) in [5, 5.41) is 0.598. The molecule has 3 aromatic carbocycles. The summed E-state index contributed by atoms with van der Waals surface area (Å²) >= 11 is 0. The second-order valence-corrected chi connectivity index (χ2v) is 6.23. The number of hydrogen-bond acceptors (Lipinski definition) is 3. The molecule has 1 aromatic heterocycles. The van der Waals surface area contributed by atoms with Crippen LogP contribution >= 0.6 is 0 Å². The minimum atomic E-state index is -0.0213. The van der Waals surface area contributed by atoms with Gasteiger partial charge in [-0.05, 0) is 48.9 Å². The number of methoxy groups -OCH3 is 1. The molecule has 0 bridgehead atoms. The van der Waals surface area contributed by atoms with E-state index in [1.54, 1.807) is 7.11 Å². The van der Waals surface area contributed by atoms with Crippen molar-refractivity contribution in [3.8, 4) is 28.2 Å². The summed E-state index contributed by atoms with van der Waals surface area (Å²) < 4.78 is 11.4. The van der Waals surface area contributed by atoms with Gasteiger partial charge in [-0.1, -0.05) is 42.0 Å². The predicted octanol–water partition coefficient (Wildman–Crippen LogP) is 5.44. The van der Waals surface area contributed by atoms with Gasteiger partial charge in [0.1, 0.15) is 17.1 Å². The second-order valence-electron chi connectivity index (χ2n) is 6.23. The van der Waals surface area contributed by atoms with Gasteiger partial charge in [0, 0.05) is 5.56 Å². The molecule has 26 heavy (non-hydrogen) atoms. The quantitative estimate of drug-likeness (QED) is 0.497. The topological polar surface area (TPSA) is 39.4 Å². The largest absolute Gasteiger partial charge is 0.497 e. The van der Waals surface area contributed by atoms with Crippen molar-refractivity contribution in [1.82, 2.24) is 0 Å². The lowest BCUT2D eigenvalue weighted by molar-refractivity contribution is 0.415. The second kappa shape index (κ2) is 6.52. The molecule has 0 saturated carbocycles. The van der Waals surface area contributed by atoms with Crippen molar-refractivity contribution in [2.45, 2.75) is 6.92 Å². The summed E-state index contributed by atoms with van der Waals surface area (Å²) in [4.78, 5) is 13.3. The van der Waals surface area contributed by atoms with E-state index in [2.05, 4.69) is 0 Å². The predicted molar refractivity (Wildman–Crippen MR) is 105 cm³/mol. The third-order valence-corrected chi connectivity index (χ3v) is 4.46. The molecule has 0 aliphatic rings. The zero-order valence-corrected chi connectivity index (χ0v) is 14.7. The number of aryl methyl sites for hydroxylation is 1. The maximum absolute atomic E-state index is 13.3. The van der Waals surface area contributed by atoms with Crippen LogP contribution in [0.3, 0.4) is 0 Å². The van der Waals surface area contributed by atoms with Gasteiger partial charge in [-0.25, -0.2) is 0 Å². The maximum Gasteiger partial charge on any atom is 0.201 e. The maximum atomic E-state index is 13.3. The first-order valence-corrected chi connectivity index (χ1v) is 8.44. The fourth-order valence-electron chi connectivity index (χ4n) is 3.12. The molecule has 4 aromatic rings. The lowest BCUT2D eigenvalue weighted by Gasteiger charge is -2.11. The Balaban J connectivity index is 2.07. The monoisotopic (exact) mass is 342 g/mol. The Labute approximate surface area is 151 Å². The van der Waals surface area contributed by atoms with E-state index >= 15 is 0 Å². The van der Waals surface area contributed by atoms with Crippen LogP contribution in [0.15, 0.2) is 82.0 Å². The van der Waals surface area contributed by atoms with Crippen molar-refractivity contribution in [2.75, 3.05) is 7.11 Å². The van der Waals surface area contributed by atoms with Crippen LogP contribution in [-0.4, -0.2) is 7.11 Å². The molecule has 0 radical (unpaired) electrons. The van der Waals surface area contributed by atoms with Crippen molar-refractivity contribution in [3.05, 3.63) is 88.6 Å². The average molecular weight is 342 g/mol. The van der Waals surface area contributed by atoms with Crippen molar-refractivity contribution in [3.63, 3.8) is 0 Å². The number of rotatable bonds is 3. The Morgan fingerprint density at radius 1 is 0.846 bits per heavy atom. The first-order chi connectivity index (χ1) is 12.7. The number of fused-ring (bicyclic) bond motifs is 1. The van der Waals surface area contributed by atoms with Crippen LogP contribution in [0.1, 0.15) is 5.56 Å². The molecular weight excluding hydrogens is 324 g/mol. The van der Waals surface area contributed by atoms with Crippen LogP contribution in [0.4, 0.5) is 0 Å². The van der Waals surface area contributed by atoms with Gasteiger partial charge < -0.3 is 9.15 Å². The Kier molecular flexibility index (Phi) is 4.05. The third kappa shape index (κ3) is 2.78. The molecule has 4 rings (SSSR count). The van der Waals surface area contributed by atoms with Crippen LogP contribution in [-0.2, 0) is 0 Å². The van der Waals surface area contributed by atoms with Crippen LogP contribution in [0.2, 0.25) is 0 Å². The van der Waals surface area contributed by atoms with E-state index in [1.807, 2.05) is 79.7 Å². The summed E-state index contributed by atoms with van der Waals surface area (Å²) in [6.45, 7) is 1.97. The highest BCUT2D eigenvalue weighted by Gasteiger charge is 2.17. The Morgan fingerprint density at radius 2 is 1.58 bits per heavy atom. The fourth-order valence-corrected chi connectivity index (χ4v) is 3.12. The molecule has 0 unspecified atom stereocenters. The fraction of sp³-hybridized carbons (Fsp3) is 0.0870. The molecule has 0 spiro atoms. The van der Waals surface area contributed by atoms with Gasteiger partial charge >= 0.3 is 0 Å². The van der Waals surface area contributed by atoms with Gasteiger partial charge in [0.2, 0.25) is 5.43 Å². The number of benzene rings is 3. The molecule has 0 N–H and O–H groups in total. The van der Waals surface area contributed by atoms with E-state index in [1.165, 1.54) is 0 Å². The van der Waals surface area contributed by atoms with Crippen molar-refractivity contribution < 1.29 is 9.15 Å². The zero-order valence-electron chi connectivity index (χ0n) is 14.7. The highest BCUT2D eigenvalue weighted by Crippen LogP contribution is 2.33. The highest BCUT2D eigenvalue weighted by atomic mass is 16.5. The third-order valence-electron chi connectivity index (χ3n) is 4.46. The van der Waals surface area contributed by atoms with E-state index in [0.29, 0.717) is 22.3 Å². The van der Waals surface area contributed by atoms with Crippen molar-refractivity contribution in [2.24, 2.45) is 0 Å². The van der Waals surface area contributed by atoms with E-state index in [-0.39, 0.29) is 5.43 Å². The van der Waals surface area contributed by atoms with Crippen molar-refractivity contribution in [1.29, 1.82) is 0 Å². The molecule has 3 heteroatoms. The van der Waals surface area contributed by atoms with Crippen molar-refractivity contribution >= 4 is 11.0 Å². The van der Waals surface area contributed by atoms with Gasteiger partial charge in [0.15, 0.2) is 0 Å². The molecule has 128 valence electrons. The molecule has 0 aliphatic heterocycles. The molecule has 0 aliphatic carbocycles. The average Bonchev–Trinajstić information content (AvgIpc) is 2.69. The minimum absolute atomic E-state index is 0.0213. The van der Waals surface area contributed by atoms with E-state index in [9.17, 15) is 4.79 Å². The molecule has 0 fully saturated rings. The SMILES string of the molecule is COc1ccc(-c2oc3ccc(C)cc3c(=O)c2-c2ccccc2)cc1. The zero-order chi connectivity index (χ0) is 18.1. The first kappa shape index (κ1) is 16.2. The minimum Gasteiger partial charge on any atom is -0.497 e. The van der Waals surface area contributed by atoms with Crippen LogP contribution in [0.25, 0.3) is 33.4 Å². The summed E-state index contributed by atoms with van der Waals surface area (Å²) in [5.41, 5.74) is 3.85. The Bertz CT molecular complexity index is 1120. The van der Waals surface area contributed by atoms with E-state index in [0.717, 1.165) is 22.4 Å². The summed E-state index contributed by atoms with van der Waals surface area (Å²) in [6, 6.07) is 22.9. The molecule has 3 nitrogen and oxygen atoms in total. The highest BCUT2D eigenvalue weighted by molar-refractivity contribution is 5.89.